The summed E-state index contributed by atoms with van der Waals surface area (Å²) in [7, 11) is 0. The Balaban J connectivity index is 2.21. The van der Waals surface area contributed by atoms with Crippen molar-refractivity contribution in [2.24, 2.45) is 0 Å². The van der Waals surface area contributed by atoms with Gasteiger partial charge in [-0.25, -0.2) is 9.07 Å². The van der Waals surface area contributed by atoms with E-state index in [-0.39, 0.29) is 12.0 Å². The lowest BCUT2D eigenvalue weighted by molar-refractivity contribution is -0.104. The molecule has 2 aromatic rings. The van der Waals surface area contributed by atoms with Crippen LogP contribution in [0.15, 0.2) is 22.8 Å². The lowest BCUT2D eigenvalue weighted by Gasteiger charge is -2.27. The van der Waals surface area contributed by atoms with Crippen LogP contribution in [0.5, 0.6) is 0 Å². The van der Waals surface area contributed by atoms with E-state index in [1.165, 1.54) is 6.20 Å². The van der Waals surface area contributed by atoms with Crippen LogP contribution >= 0.6 is 15.9 Å². The topological polar surface area (TPSA) is 27.1 Å². The van der Waals surface area contributed by atoms with Crippen LogP contribution in [0.3, 0.4) is 0 Å². The minimum Gasteiger partial charge on any atom is -0.356 e. The Morgan fingerprint density at radius 2 is 2.33 bits per heavy atom. The fraction of sp³-hybridized carbons (Fsp3) is 0.300. The predicted molar refractivity (Wildman–Crippen MR) is 57.0 cm³/mol. The molecule has 1 saturated heterocycles. The number of nitrogens with zero attached hydrogens (tertiary/aromatic N) is 2. The highest BCUT2D eigenvalue weighted by Crippen LogP contribution is 2.30. The van der Waals surface area contributed by atoms with Gasteiger partial charge in [0.15, 0.2) is 6.23 Å². The average Bonchev–Trinajstić information content (AvgIpc) is 2.54. The van der Waals surface area contributed by atoms with Crippen LogP contribution in [0.25, 0.3) is 10.9 Å². The second-order valence-corrected chi connectivity index (χ2v) is 4.35. The van der Waals surface area contributed by atoms with Gasteiger partial charge in [0.05, 0.1) is 28.2 Å². The molecule has 78 valence electrons. The molecule has 3 rings (SSSR count). The molecule has 1 aliphatic heterocycles. The summed E-state index contributed by atoms with van der Waals surface area (Å²) in [4.78, 5) is 0. The number of halogens is 2. The van der Waals surface area contributed by atoms with Gasteiger partial charge >= 0.3 is 0 Å². The summed E-state index contributed by atoms with van der Waals surface area (Å²) in [6, 6.07) is 3.53. The minimum atomic E-state index is -0.266. The molecule has 1 fully saturated rings. The van der Waals surface area contributed by atoms with E-state index in [0.717, 1.165) is 18.5 Å². The van der Waals surface area contributed by atoms with Gasteiger partial charge in [-0.3, -0.25) is 0 Å². The molecule has 15 heavy (non-hydrogen) atoms. The molecule has 0 bridgehead atoms. The zero-order chi connectivity index (χ0) is 10.4. The van der Waals surface area contributed by atoms with Crippen molar-refractivity contribution in [2.75, 3.05) is 6.61 Å². The van der Waals surface area contributed by atoms with Crippen molar-refractivity contribution >= 4 is 26.8 Å². The van der Waals surface area contributed by atoms with Crippen LogP contribution in [0.1, 0.15) is 12.6 Å². The van der Waals surface area contributed by atoms with E-state index in [9.17, 15) is 4.39 Å². The first kappa shape index (κ1) is 9.30. The van der Waals surface area contributed by atoms with Crippen molar-refractivity contribution in [2.45, 2.75) is 12.6 Å². The molecular weight excluding hydrogens is 263 g/mol. The lowest BCUT2D eigenvalue weighted by atomic mass is 10.2. The molecule has 0 radical (unpaired) electrons. The molecule has 1 atom stereocenters. The maximum Gasteiger partial charge on any atom is 0.153 e. The molecule has 1 unspecified atom stereocenters. The van der Waals surface area contributed by atoms with Crippen LogP contribution in [0.4, 0.5) is 4.39 Å². The standard InChI is InChI=1S/C10H8BrFN2O/c11-7-1-2-8-6(10(7)12)5-13-14(8)9-3-4-15-9/h1-2,5,9H,3-4H2. The van der Waals surface area contributed by atoms with E-state index in [0.29, 0.717) is 9.86 Å². The highest BCUT2D eigenvalue weighted by Gasteiger charge is 2.23. The molecule has 1 aromatic heterocycles. The number of hydrogen-bond acceptors (Lipinski definition) is 2. The summed E-state index contributed by atoms with van der Waals surface area (Å²) >= 11 is 3.15. The largest absolute Gasteiger partial charge is 0.356 e. The SMILES string of the molecule is Fc1c(Br)ccc2c1cnn2C1CCO1. The van der Waals surface area contributed by atoms with Crippen molar-refractivity contribution in [1.29, 1.82) is 0 Å². The van der Waals surface area contributed by atoms with E-state index in [4.69, 9.17) is 4.74 Å². The van der Waals surface area contributed by atoms with Crippen molar-refractivity contribution < 1.29 is 9.13 Å². The Kier molecular flexibility index (Phi) is 2.03. The average molecular weight is 271 g/mol. The Bertz CT molecular complexity index is 521. The minimum absolute atomic E-state index is 0.0249. The number of ether oxygens (including phenoxy) is 1. The van der Waals surface area contributed by atoms with Gasteiger partial charge in [-0.15, -0.1) is 0 Å². The Morgan fingerprint density at radius 3 is 3.00 bits per heavy atom. The lowest BCUT2D eigenvalue weighted by Crippen LogP contribution is -2.25. The molecule has 0 amide bonds. The third-order valence-corrected chi connectivity index (χ3v) is 3.23. The molecule has 0 saturated carbocycles. The van der Waals surface area contributed by atoms with Gasteiger partial charge in [0, 0.05) is 6.42 Å². The molecular formula is C10H8BrFN2O. The Hall–Kier alpha value is -0.940. The third-order valence-electron chi connectivity index (χ3n) is 2.62. The number of aromatic nitrogens is 2. The van der Waals surface area contributed by atoms with Crippen molar-refractivity contribution in [3.63, 3.8) is 0 Å². The number of fused-ring (bicyclic) bond motifs is 1. The van der Waals surface area contributed by atoms with Gasteiger partial charge in [0.1, 0.15) is 5.82 Å². The molecule has 2 heterocycles. The summed E-state index contributed by atoms with van der Waals surface area (Å²) in [6.45, 7) is 0.755. The maximum atomic E-state index is 13.7. The zero-order valence-electron chi connectivity index (χ0n) is 7.78. The highest BCUT2D eigenvalue weighted by atomic mass is 79.9. The molecule has 3 nitrogen and oxygen atoms in total. The van der Waals surface area contributed by atoms with Gasteiger partial charge in [-0.05, 0) is 28.1 Å². The molecule has 1 aromatic carbocycles. The van der Waals surface area contributed by atoms with Gasteiger partial charge in [-0.1, -0.05) is 0 Å². The van der Waals surface area contributed by atoms with E-state index >= 15 is 0 Å². The van der Waals surface area contributed by atoms with Crippen LogP contribution in [-0.2, 0) is 4.74 Å². The predicted octanol–water partition coefficient (Wildman–Crippen LogP) is 2.86. The molecule has 0 spiro atoms. The first-order valence-corrected chi connectivity index (χ1v) is 5.49. The van der Waals surface area contributed by atoms with E-state index in [1.807, 2.05) is 6.07 Å². The quantitative estimate of drug-likeness (QED) is 0.797. The smallest absolute Gasteiger partial charge is 0.153 e. The Labute approximate surface area is 94.0 Å². The first-order chi connectivity index (χ1) is 7.27. The van der Waals surface area contributed by atoms with Gasteiger partial charge in [0.2, 0.25) is 0 Å². The van der Waals surface area contributed by atoms with Crippen molar-refractivity contribution in [3.8, 4) is 0 Å². The van der Waals surface area contributed by atoms with Gasteiger partial charge < -0.3 is 4.74 Å². The van der Waals surface area contributed by atoms with E-state index in [2.05, 4.69) is 21.0 Å². The normalized spacial score (nSPS) is 20.5. The summed E-state index contributed by atoms with van der Waals surface area (Å²) in [5, 5.41) is 4.68. The number of benzene rings is 1. The fourth-order valence-electron chi connectivity index (χ4n) is 1.71. The van der Waals surface area contributed by atoms with Crippen LogP contribution < -0.4 is 0 Å². The van der Waals surface area contributed by atoms with Crippen LogP contribution in [0.2, 0.25) is 0 Å². The number of hydrogen-bond donors (Lipinski definition) is 0. The van der Waals surface area contributed by atoms with Crippen LogP contribution in [0, 0.1) is 5.82 Å². The van der Waals surface area contributed by atoms with Crippen molar-refractivity contribution in [3.05, 3.63) is 28.6 Å². The highest BCUT2D eigenvalue weighted by molar-refractivity contribution is 9.10. The van der Waals surface area contributed by atoms with Crippen molar-refractivity contribution in [1.82, 2.24) is 9.78 Å². The monoisotopic (exact) mass is 270 g/mol. The molecule has 0 aliphatic carbocycles. The molecule has 5 heteroatoms. The van der Waals surface area contributed by atoms with Crippen LogP contribution in [-0.4, -0.2) is 16.4 Å². The second-order valence-electron chi connectivity index (χ2n) is 3.50. The molecule has 1 aliphatic rings. The summed E-state index contributed by atoms with van der Waals surface area (Å²) in [6.07, 6.45) is 2.45. The van der Waals surface area contributed by atoms with E-state index in [1.54, 1.807) is 10.7 Å². The fourth-order valence-corrected chi connectivity index (χ4v) is 2.05. The number of rotatable bonds is 1. The third kappa shape index (κ3) is 1.30. The summed E-state index contributed by atoms with van der Waals surface area (Å²) in [5.74, 6) is -0.266. The zero-order valence-corrected chi connectivity index (χ0v) is 9.37. The first-order valence-electron chi connectivity index (χ1n) is 4.70. The Morgan fingerprint density at radius 1 is 1.53 bits per heavy atom. The second kappa shape index (κ2) is 3.28. The summed E-state index contributed by atoms with van der Waals surface area (Å²) in [5.41, 5.74) is 0.778. The maximum absolute atomic E-state index is 13.7. The van der Waals surface area contributed by atoms with Gasteiger partial charge in [0.25, 0.3) is 0 Å². The summed E-state index contributed by atoms with van der Waals surface area (Å²) < 4.78 is 21.2. The molecule has 0 N–H and O–H groups in total. The van der Waals surface area contributed by atoms with E-state index < -0.39 is 0 Å². The van der Waals surface area contributed by atoms with Gasteiger partial charge in [-0.2, -0.15) is 5.10 Å².